The highest BCUT2D eigenvalue weighted by molar-refractivity contribution is 5.93. The summed E-state index contributed by atoms with van der Waals surface area (Å²) >= 11 is 0. The second-order valence-corrected chi connectivity index (χ2v) is 4.25. The van der Waals surface area contributed by atoms with E-state index < -0.39 is 6.10 Å². The van der Waals surface area contributed by atoms with E-state index in [1.165, 1.54) is 0 Å². The lowest BCUT2D eigenvalue weighted by Crippen LogP contribution is -2.32. The molecule has 1 aliphatic rings. The number of carbonyl (C=O) groups is 1. The van der Waals surface area contributed by atoms with Gasteiger partial charge in [-0.15, -0.1) is 0 Å². The summed E-state index contributed by atoms with van der Waals surface area (Å²) < 4.78 is 5.67. The van der Waals surface area contributed by atoms with Gasteiger partial charge in [-0.1, -0.05) is 18.2 Å². The highest BCUT2D eigenvalue weighted by Crippen LogP contribution is 2.10. The van der Waals surface area contributed by atoms with Crippen LogP contribution in [-0.4, -0.2) is 31.2 Å². The van der Waals surface area contributed by atoms with Crippen molar-refractivity contribution < 1.29 is 9.53 Å². The molecule has 2 atom stereocenters. The van der Waals surface area contributed by atoms with Gasteiger partial charge in [0.1, 0.15) is 6.10 Å². The average molecular weight is 234 g/mol. The number of hydrogen-bond donors (Lipinski definition) is 2. The lowest BCUT2D eigenvalue weighted by molar-refractivity contribution is -0.129. The lowest BCUT2D eigenvalue weighted by Gasteiger charge is -2.17. The van der Waals surface area contributed by atoms with Gasteiger partial charge >= 0.3 is 0 Å². The molecule has 0 spiro atoms. The van der Waals surface area contributed by atoms with E-state index in [1.54, 1.807) is 6.92 Å². The fourth-order valence-electron chi connectivity index (χ4n) is 1.86. The summed E-state index contributed by atoms with van der Waals surface area (Å²) in [4.78, 5) is 11.8. The predicted octanol–water partition coefficient (Wildman–Crippen LogP) is 1.39. The number of para-hydroxylation sites is 1. The Morgan fingerprint density at radius 3 is 2.88 bits per heavy atom. The van der Waals surface area contributed by atoms with Gasteiger partial charge in [0, 0.05) is 12.2 Å². The molecule has 0 radical (unpaired) electrons. The Morgan fingerprint density at radius 1 is 1.47 bits per heavy atom. The molecule has 0 bridgehead atoms. The van der Waals surface area contributed by atoms with Crippen molar-refractivity contribution in [2.24, 2.45) is 0 Å². The topological polar surface area (TPSA) is 50.4 Å². The maximum atomic E-state index is 11.8. The molecule has 1 saturated heterocycles. The first-order chi connectivity index (χ1) is 8.25. The van der Waals surface area contributed by atoms with Gasteiger partial charge in [0.15, 0.2) is 0 Å². The second kappa shape index (κ2) is 5.80. The SMILES string of the molecule is CC(OC1CCNC1)C(=O)Nc1ccccc1. The summed E-state index contributed by atoms with van der Waals surface area (Å²) in [6, 6.07) is 9.42. The van der Waals surface area contributed by atoms with Gasteiger partial charge in [0.05, 0.1) is 6.10 Å². The highest BCUT2D eigenvalue weighted by atomic mass is 16.5. The number of hydrogen-bond acceptors (Lipinski definition) is 3. The number of benzene rings is 1. The van der Waals surface area contributed by atoms with E-state index in [1.807, 2.05) is 30.3 Å². The van der Waals surface area contributed by atoms with Gasteiger partial charge in [-0.3, -0.25) is 4.79 Å². The van der Waals surface area contributed by atoms with Gasteiger partial charge < -0.3 is 15.4 Å². The van der Waals surface area contributed by atoms with Crippen LogP contribution in [0, 0.1) is 0 Å². The number of nitrogens with one attached hydrogen (secondary N) is 2. The van der Waals surface area contributed by atoms with Crippen molar-refractivity contribution in [3.8, 4) is 0 Å². The average Bonchev–Trinajstić information content (AvgIpc) is 2.83. The molecule has 4 nitrogen and oxygen atoms in total. The molecule has 4 heteroatoms. The van der Waals surface area contributed by atoms with Gasteiger partial charge in [-0.25, -0.2) is 0 Å². The molecule has 1 fully saturated rings. The van der Waals surface area contributed by atoms with E-state index in [0.29, 0.717) is 0 Å². The van der Waals surface area contributed by atoms with Crippen LogP contribution in [0.4, 0.5) is 5.69 Å². The number of carbonyl (C=O) groups excluding carboxylic acids is 1. The minimum absolute atomic E-state index is 0.0944. The monoisotopic (exact) mass is 234 g/mol. The molecule has 0 aliphatic carbocycles. The molecule has 2 unspecified atom stereocenters. The van der Waals surface area contributed by atoms with Crippen molar-refractivity contribution in [2.75, 3.05) is 18.4 Å². The van der Waals surface area contributed by atoms with Crippen molar-refractivity contribution in [1.29, 1.82) is 0 Å². The number of rotatable bonds is 4. The first-order valence-corrected chi connectivity index (χ1v) is 5.98. The maximum Gasteiger partial charge on any atom is 0.253 e. The molecular weight excluding hydrogens is 216 g/mol. The van der Waals surface area contributed by atoms with Crippen molar-refractivity contribution in [3.05, 3.63) is 30.3 Å². The Kier molecular flexibility index (Phi) is 4.12. The molecule has 1 heterocycles. The van der Waals surface area contributed by atoms with Gasteiger partial charge in [-0.05, 0) is 32.0 Å². The van der Waals surface area contributed by atoms with E-state index in [9.17, 15) is 4.79 Å². The molecule has 0 saturated carbocycles. The third kappa shape index (κ3) is 3.54. The van der Waals surface area contributed by atoms with Crippen LogP contribution in [0.2, 0.25) is 0 Å². The fourth-order valence-corrected chi connectivity index (χ4v) is 1.86. The maximum absolute atomic E-state index is 11.8. The Labute approximate surface area is 101 Å². The van der Waals surface area contributed by atoms with Crippen LogP contribution in [0.1, 0.15) is 13.3 Å². The van der Waals surface area contributed by atoms with Crippen LogP contribution in [0.5, 0.6) is 0 Å². The number of amides is 1. The minimum atomic E-state index is -0.417. The molecular formula is C13H18N2O2. The smallest absolute Gasteiger partial charge is 0.253 e. The summed E-state index contributed by atoms with van der Waals surface area (Å²) in [5, 5.41) is 6.04. The van der Waals surface area contributed by atoms with Crippen molar-refractivity contribution >= 4 is 11.6 Å². The zero-order valence-corrected chi connectivity index (χ0v) is 9.98. The second-order valence-electron chi connectivity index (χ2n) is 4.25. The van der Waals surface area contributed by atoms with E-state index >= 15 is 0 Å². The predicted molar refractivity (Wildman–Crippen MR) is 66.9 cm³/mol. The first-order valence-electron chi connectivity index (χ1n) is 5.98. The molecule has 1 aromatic carbocycles. The Balaban J connectivity index is 1.82. The Hall–Kier alpha value is -1.39. The number of ether oxygens (including phenoxy) is 1. The summed E-state index contributed by atoms with van der Waals surface area (Å²) in [6.45, 7) is 3.59. The molecule has 1 amide bonds. The first kappa shape index (κ1) is 12.1. The third-order valence-corrected chi connectivity index (χ3v) is 2.82. The zero-order valence-electron chi connectivity index (χ0n) is 9.98. The van der Waals surface area contributed by atoms with Crippen LogP contribution in [0.15, 0.2) is 30.3 Å². The van der Waals surface area contributed by atoms with Crippen LogP contribution in [0.3, 0.4) is 0 Å². The Bertz CT molecular complexity index is 361. The van der Waals surface area contributed by atoms with E-state index in [4.69, 9.17) is 4.74 Å². The highest BCUT2D eigenvalue weighted by Gasteiger charge is 2.21. The fraction of sp³-hybridized carbons (Fsp3) is 0.462. The van der Waals surface area contributed by atoms with Gasteiger partial charge in [0.25, 0.3) is 5.91 Å². The van der Waals surface area contributed by atoms with E-state index in [0.717, 1.165) is 25.2 Å². The quantitative estimate of drug-likeness (QED) is 0.827. The van der Waals surface area contributed by atoms with E-state index in [2.05, 4.69) is 10.6 Å². The Morgan fingerprint density at radius 2 is 2.24 bits per heavy atom. The third-order valence-electron chi connectivity index (χ3n) is 2.82. The molecule has 92 valence electrons. The summed E-state index contributed by atoms with van der Waals surface area (Å²) in [5.74, 6) is -0.0944. The van der Waals surface area contributed by atoms with Crippen LogP contribution in [-0.2, 0) is 9.53 Å². The lowest BCUT2D eigenvalue weighted by atomic mass is 10.2. The van der Waals surface area contributed by atoms with Crippen molar-refractivity contribution in [1.82, 2.24) is 5.32 Å². The summed E-state index contributed by atoms with van der Waals surface area (Å²) in [5.41, 5.74) is 0.803. The van der Waals surface area contributed by atoms with Crippen LogP contribution >= 0.6 is 0 Å². The molecule has 0 aromatic heterocycles. The molecule has 17 heavy (non-hydrogen) atoms. The largest absolute Gasteiger partial charge is 0.364 e. The molecule has 1 aromatic rings. The molecule has 1 aliphatic heterocycles. The van der Waals surface area contributed by atoms with Crippen molar-refractivity contribution in [2.45, 2.75) is 25.6 Å². The summed E-state index contributed by atoms with van der Waals surface area (Å²) in [7, 11) is 0. The van der Waals surface area contributed by atoms with Crippen molar-refractivity contribution in [3.63, 3.8) is 0 Å². The van der Waals surface area contributed by atoms with Crippen LogP contribution in [0.25, 0.3) is 0 Å². The number of anilines is 1. The van der Waals surface area contributed by atoms with Crippen LogP contribution < -0.4 is 10.6 Å². The summed E-state index contributed by atoms with van der Waals surface area (Å²) in [6.07, 6.45) is 0.717. The minimum Gasteiger partial charge on any atom is -0.364 e. The molecule has 2 rings (SSSR count). The standard InChI is InChI=1S/C13H18N2O2/c1-10(17-12-7-8-14-9-12)13(16)15-11-5-3-2-4-6-11/h2-6,10,12,14H,7-9H2,1H3,(H,15,16). The van der Waals surface area contributed by atoms with Gasteiger partial charge in [0.2, 0.25) is 0 Å². The molecule has 2 N–H and O–H groups in total. The van der Waals surface area contributed by atoms with E-state index in [-0.39, 0.29) is 12.0 Å². The van der Waals surface area contributed by atoms with Gasteiger partial charge in [-0.2, -0.15) is 0 Å². The zero-order chi connectivity index (χ0) is 12.1. The normalized spacial score (nSPS) is 21.1.